The highest BCUT2D eigenvalue weighted by molar-refractivity contribution is 5.92. The maximum atomic E-state index is 13.0. The quantitative estimate of drug-likeness (QED) is 0.727. The summed E-state index contributed by atoms with van der Waals surface area (Å²) < 4.78 is 23.1. The lowest BCUT2D eigenvalue weighted by molar-refractivity contribution is 0.00660. The van der Waals surface area contributed by atoms with Crippen molar-refractivity contribution in [3.05, 3.63) is 29.6 Å². The predicted octanol–water partition coefficient (Wildman–Crippen LogP) is 2.79. The number of carbonyl (C=O) groups excluding carboxylic acids is 1. The van der Waals surface area contributed by atoms with Crippen LogP contribution in [-0.4, -0.2) is 18.7 Å². The third-order valence-electron chi connectivity index (χ3n) is 1.78. The van der Waals surface area contributed by atoms with Gasteiger partial charge >= 0.3 is 5.97 Å². The summed E-state index contributed by atoms with van der Waals surface area (Å²) in [5, 5.41) is 0. The fourth-order valence-electron chi connectivity index (χ4n) is 1.17. The summed E-state index contributed by atoms with van der Waals surface area (Å²) in [6.45, 7) is 5.24. The topological polar surface area (TPSA) is 35.5 Å². The van der Waals surface area contributed by atoms with Crippen molar-refractivity contribution in [3.63, 3.8) is 0 Å². The zero-order valence-corrected chi connectivity index (χ0v) is 9.83. The van der Waals surface area contributed by atoms with Crippen LogP contribution in [0.25, 0.3) is 0 Å². The van der Waals surface area contributed by atoms with Gasteiger partial charge in [-0.25, -0.2) is 9.18 Å². The van der Waals surface area contributed by atoms with E-state index in [0.717, 1.165) is 6.07 Å². The Kier molecular flexibility index (Phi) is 3.52. The maximum Gasteiger partial charge on any atom is 0.342 e. The van der Waals surface area contributed by atoms with Gasteiger partial charge in [0, 0.05) is 0 Å². The predicted molar refractivity (Wildman–Crippen MR) is 58.1 cm³/mol. The van der Waals surface area contributed by atoms with E-state index in [9.17, 15) is 9.18 Å². The summed E-state index contributed by atoms with van der Waals surface area (Å²) in [6.07, 6.45) is 0. The molecule has 1 rings (SSSR count). The molecule has 0 aliphatic heterocycles. The molecule has 4 heteroatoms. The van der Waals surface area contributed by atoms with Crippen LogP contribution in [0.15, 0.2) is 18.2 Å². The van der Waals surface area contributed by atoms with E-state index in [1.54, 1.807) is 20.8 Å². The zero-order chi connectivity index (χ0) is 12.3. The number of ether oxygens (including phenoxy) is 2. The third-order valence-corrected chi connectivity index (χ3v) is 1.78. The first-order valence-electron chi connectivity index (χ1n) is 4.90. The van der Waals surface area contributed by atoms with Gasteiger partial charge in [-0.2, -0.15) is 0 Å². The van der Waals surface area contributed by atoms with Crippen LogP contribution in [0.3, 0.4) is 0 Å². The Morgan fingerprint density at radius 1 is 1.31 bits per heavy atom. The smallest absolute Gasteiger partial charge is 0.342 e. The van der Waals surface area contributed by atoms with Gasteiger partial charge in [0.05, 0.1) is 7.11 Å². The Bertz CT molecular complexity index is 394. The molecule has 88 valence electrons. The molecule has 0 atom stereocenters. The lowest BCUT2D eigenvalue weighted by atomic mass is 10.1. The van der Waals surface area contributed by atoms with Gasteiger partial charge in [-0.05, 0) is 39.0 Å². The molecule has 0 saturated carbocycles. The fraction of sp³-hybridized carbons (Fsp3) is 0.417. The van der Waals surface area contributed by atoms with E-state index in [1.807, 2.05) is 0 Å². The van der Waals surface area contributed by atoms with Crippen LogP contribution in [0.1, 0.15) is 31.1 Å². The van der Waals surface area contributed by atoms with Crippen LogP contribution in [0.4, 0.5) is 4.39 Å². The first-order chi connectivity index (χ1) is 7.33. The molecule has 0 bridgehead atoms. The van der Waals surface area contributed by atoms with Gasteiger partial charge in [-0.1, -0.05) is 0 Å². The minimum Gasteiger partial charge on any atom is -0.496 e. The molecule has 0 radical (unpaired) electrons. The second-order valence-corrected chi connectivity index (χ2v) is 4.35. The number of rotatable bonds is 2. The van der Waals surface area contributed by atoms with Gasteiger partial charge in [0.1, 0.15) is 22.7 Å². The standard InChI is InChI=1S/C12H15FO3/c1-12(2,3)16-11(14)9-7-8(13)5-6-10(9)15-4/h5-7H,1-4H3. The van der Waals surface area contributed by atoms with Crippen molar-refractivity contribution in [1.82, 2.24) is 0 Å². The number of hydrogen-bond donors (Lipinski definition) is 0. The number of hydrogen-bond acceptors (Lipinski definition) is 3. The molecule has 16 heavy (non-hydrogen) atoms. The van der Waals surface area contributed by atoms with Gasteiger partial charge in [-0.3, -0.25) is 0 Å². The molecule has 3 nitrogen and oxygen atoms in total. The van der Waals surface area contributed by atoms with Crippen molar-refractivity contribution in [1.29, 1.82) is 0 Å². The van der Waals surface area contributed by atoms with Crippen molar-refractivity contribution in [2.45, 2.75) is 26.4 Å². The minimum absolute atomic E-state index is 0.0948. The van der Waals surface area contributed by atoms with Crippen molar-refractivity contribution in [2.75, 3.05) is 7.11 Å². The van der Waals surface area contributed by atoms with Crippen LogP contribution in [0.5, 0.6) is 5.75 Å². The molecule has 0 aromatic heterocycles. The molecule has 0 N–H and O–H groups in total. The molecule has 0 spiro atoms. The Hall–Kier alpha value is -1.58. The molecule has 0 saturated heterocycles. The number of benzene rings is 1. The lowest BCUT2D eigenvalue weighted by Crippen LogP contribution is -2.24. The summed E-state index contributed by atoms with van der Waals surface area (Å²) in [5.41, 5.74) is -0.522. The number of halogens is 1. The first-order valence-corrected chi connectivity index (χ1v) is 4.90. The molecule has 1 aromatic rings. The van der Waals surface area contributed by atoms with Crippen molar-refractivity contribution >= 4 is 5.97 Å². The first kappa shape index (κ1) is 12.5. The molecular formula is C12H15FO3. The summed E-state index contributed by atoms with van der Waals surface area (Å²) >= 11 is 0. The molecule has 0 unspecified atom stereocenters. The summed E-state index contributed by atoms with van der Waals surface area (Å²) in [5.74, 6) is -0.791. The summed E-state index contributed by atoms with van der Waals surface area (Å²) in [6, 6.07) is 3.73. The molecule has 0 aliphatic carbocycles. The van der Waals surface area contributed by atoms with Crippen LogP contribution in [0.2, 0.25) is 0 Å². The normalized spacial score (nSPS) is 11.1. The average molecular weight is 226 g/mol. The van der Waals surface area contributed by atoms with E-state index >= 15 is 0 Å². The number of esters is 1. The highest BCUT2D eigenvalue weighted by atomic mass is 19.1. The van der Waals surface area contributed by atoms with E-state index < -0.39 is 17.4 Å². The van der Waals surface area contributed by atoms with Crippen LogP contribution >= 0.6 is 0 Å². The van der Waals surface area contributed by atoms with Crippen molar-refractivity contribution < 1.29 is 18.7 Å². The van der Waals surface area contributed by atoms with E-state index in [0.29, 0.717) is 5.75 Å². The average Bonchev–Trinajstić information content (AvgIpc) is 2.15. The third kappa shape index (κ3) is 3.22. The van der Waals surface area contributed by atoms with Crippen LogP contribution in [-0.2, 0) is 4.74 Å². The number of carbonyl (C=O) groups is 1. The van der Waals surface area contributed by atoms with E-state index in [-0.39, 0.29) is 5.56 Å². The van der Waals surface area contributed by atoms with Gasteiger partial charge in [0.2, 0.25) is 0 Å². The zero-order valence-electron chi connectivity index (χ0n) is 9.83. The lowest BCUT2D eigenvalue weighted by Gasteiger charge is -2.20. The van der Waals surface area contributed by atoms with E-state index in [2.05, 4.69) is 0 Å². The highest BCUT2D eigenvalue weighted by Gasteiger charge is 2.21. The van der Waals surface area contributed by atoms with Gasteiger partial charge in [-0.15, -0.1) is 0 Å². The molecule has 0 amide bonds. The molecular weight excluding hydrogens is 211 g/mol. The highest BCUT2D eigenvalue weighted by Crippen LogP contribution is 2.22. The molecule has 0 aliphatic rings. The van der Waals surface area contributed by atoms with Gasteiger partial charge < -0.3 is 9.47 Å². The SMILES string of the molecule is COc1ccc(F)cc1C(=O)OC(C)(C)C. The fourth-order valence-corrected chi connectivity index (χ4v) is 1.17. The Labute approximate surface area is 94.2 Å². The number of methoxy groups -OCH3 is 1. The minimum atomic E-state index is -0.617. The Morgan fingerprint density at radius 2 is 1.94 bits per heavy atom. The monoisotopic (exact) mass is 226 g/mol. The molecule has 0 fully saturated rings. The Morgan fingerprint density at radius 3 is 2.44 bits per heavy atom. The maximum absolute atomic E-state index is 13.0. The van der Waals surface area contributed by atoms with Crippen LogP contribution in [0, 0.1) is 5.82 Å². The largest absolute Gasteiger partial charge is 0.496 e. The Balaban J connectivity index is 3.02. The molecule has 1 aromatic carbocycles. The van der Waals surface area contributed by atoms with Crippen molar-refractivity contribution in [3.8, 4) is 5.75 Å². The van der Waals surface area contributed by atoms with Crippen molar-refractivity contribution in [2.24, 2.45) is 0 Å². The summed E-state index contributed by atoms with van der Waals surface area (Å²) in [4.78, 5) is 11.7. The van der Waals surface area contributed by atoms with E-state index in [1.165, 1.54) is 19.2 Å². The second kappa shape index (κ2) is 4.51. The molecule has 0 heterocycles. The second-order valence-electron chi connectivity index (χ2n) is 4.35. The summed E-state index contributed by atoms with van der Waals surface area (Å²) in [7, 11) is 1.42. The van der Waals surface area contributed by atoms with E-state index in [4.69, 9.17) is 9.47 Å². The van der Waals surface area contributed by atoms with Crippen LogP contribution < -0.4 is 4.74 Å². The van der Waals surface area contributed by atoms with Gasteiger partial charge in [0.25, 0.3) is 0 Å². The van der Waals surface area contributed by atoms with Gasteiger partial charge in [0.15, 0.2) is 0 Å².